The van der Waals surface area contributed by atoms with Crippen molar-refractivity contribution < 1.29 is 9.90 Å². The zero-order chi connectivity index (χ0) is 14.9. The SMILES string of the molecule is CC1(C)C(O)CC1NC(=O)/C=C/c1cccc(Cl)c1Cl. The van der Waals surface area contributed by atoms with Gasteiger partial charge in [0.05, 0.1) is 16.1 Å². The van der Waals surface area contributed by atoms with Gasteiger partial charge in [-0.2, -0.15) is 0 Å². The third-order valence-corrected chi connectivity index (χ3v) is 4.76. The molecule has 1 fully saturated rings. The van der Waals surface area contributed by atoms with E-state index >= 15 is 0 Å². The summed E-state index contributed by atoms with van der Waals surface area (Å²) in [6.45, 7) is 3.87. The molecule has 2 rings (SSSR count). The number of carbonyl (C=O) groups excluding carboxylic acids is 1. The summed E-state index contributed by atoms with van der Waals surface area (Å²) in [4.78, 5) is 11.9. The van der Waals surface area contributed by atoms with Crippen LogP contribution < -0.4 is 5.32 Å². The quantitative estimate of drug-likeness (QED) is 0.841. The molecular weight excluding hydrogens is 297 g/mol. The Morgan fingerprint density at radius 3 is 2.75 bits per heavy atom. The Balaban J connectivity index is 1.98. The van der Waals surface area contributed by atoms with Crippen LogP contribution in [0.1, 0.15) is 25.8 Å². The van der Waals surface area contributed by atoms with Gasteiger partial charge in [0.25, 0.3) is 0 Å². The Bertz CT molecular complexity index is 555. The summed E-state index contributed by atoms with van der Waals surface area (Å²) in [5.41, 5.74) is 0.416. The molecule has 0 bridgehead atoms. The number of carbonyl (C=O) groups is 1. The number of rotatable bonds is 3. The molecule has 1 aliphatic carbocycles. The van der Waals surface area contributed by atoms with E-state index < -0.39 is 0 Å². The predicted octanol–water partition coefficient (Wildman–Crippen LogP) is 3.28. The second kappa shape index (κ2) is 5.76. The minimum Gasteiger partial charge on any atom is -0.392 e. The van der Waals surface area contributed by atoms with Gasteiger partial charge in [0.2, 0.25) is 5.91 Å². The molecule has 2 atom stereocenters. The number of nitrogens with one attached hydrogen (secondary N) is 1. The number of aliphatic hydroxyl groups excluding tert-OH is 1. The first-order valence-corrected chi connectivity index (χ1v) is 7.18. The number of benzene rings is 1. The van der Waals surface area contributed by atoms with Gasteiger partial charge < -0.3 is 10.4 Å². The van der Waals surface area contributed by atoms with Crippen LogP contribution in [0, 0.1) is 5.41 Å². The van der Waals surface area contributed by atoms with Crippen LogP contribution >= 0.6 is 23.2 Å². The summed E-state index contributed by atoms with van der Waals surface area (Å²) in [5, 5.41) is 13.4. The number of hydrogen-bond donors (Lipinski definition) is 2. The maximum Gasteiger partial charge on any atom is 0.244 e. The van der Waals surface area contributed by atoms with Gasteiger partial charge in [-0.25, -0.2) is 0 Å². The van der Waals surface area contributed by atoms with Crippen molar-refractivity contribution in [3.8, 4) is 0 Å². The molecule has 0 spiro atoms. The van der Waals surface area contributed by atoms with Gasteiger partial charge in [-0.15, -0.1) is 0 Å². The molecule has 1 saturated carbocycles. The summed E-state index contributed by atoms with van der Waals surface area (Å²) in [6, 6.07) is 5.25. The maximum absolute atomic E-state index is 11.9. The van der Waals surface area contributed by atoms with E-state index in [-0.39, 0.29) is 23.5 Å². The van der Waals surface area contributed by atoms with Crippen molar-refractivity contribution in [1.29, 1.82) is 0 Å². The molecule has 1 aliphatic rings. The second-order valence-electron chi connectivity index (χ2n) is 5.61. The van der Waals surface area contributed by atoms with Gasteiger partial charge in [0, 0.05) is 17.5 Å². The van der Waals surface area contributed by atoms with Crippen LogP contribution in [0.4, 0.5) is 0 Å². The standard InChI is InChI=1S/C15H17Cl2NO2/c1-15(2)11(8-12(15)19)18-13(20)7-6-9-4-3-5-10(16)14(9)17/h3-7,11-12,19H,8H2,1-2H3,(H,18,20)/b7-6+. The van der Waals surface area contributed by atoms with E-state index in [0.29, 0.717) is 22.0 Å². The lowest BCUT2D eigenvalue weighted by Gasteiger charge is -2.49. The van der Waals surface area contributed by atoms with E-state index in [1.54, 1.807) is 24.3 Å². The summed E-state index contributed by atoms with van der Waals surface area (Å²) in [6.07, 6.45) is 3.29. The molecule has 0 aromatic heterocycles. The molecular formula is C15H17Cl2NO2. The van der Waals surface area contributed by atoms with Crippen molar-refractivity contribution in [1.82, 2.24) is 5.32 Å². The third-order valence-electron chi connectivity index (χ3n) is 3.93. The van der Waals surface area contributed by atoms with Gasteiger partial charge in [-0.05, 0) is 24.1 Å². The van der Waals surface area contributed by atoms with Crippen molar-refractivity contribution in [2.24, 2.45) is 5.41 Å². The Morgan fingerprint density at radius 2 is 2.15 bits per heavy atom. The molecule has 0 aliphatic heterocycles. The Kier molecular flexibility index (Phi) is 4.43. The van der Waals surface area contributed by atoms with Crippen LogP contribution in [-0.2, 0) is 4.79 Å². The molecule has 1 amide bonds. The van der Waals surface area contributed by atoms with E-state index in [9.17, 15) is 9.90 Å². The highest BCUT2D eigenvalue weighted by atomic mass is 35.5. The summed E-state index contributed by atoms with van der Waals surface area (Å²) < 4.78 is 0. The molecule has 2 N–H and O–H groups in total. The maximum atomic E-state index is 11.9. The highest BCUT2D eigenvalue weighted by Gasteiger charge is 2.47. The summed E-state index contributed by atoms with van der Waals surface area (Å²) >= 11 is 11.9. The van der Waals surface area contributed by atoms with Crippen LogP contribution in [0.25, 0.3) is 6.08 Å². The number of amides is 1. The zero-order valence-corrected chi connectivity index (χ0v) is 12.9. The van der Waals surface area contributed by atoms with E-state index in [0.717, 1.165) is 0 Å². The van der Waals surface area contributed by atoms with Gasteiger partial charge in [0.15, 0.2) is 0 Å². The molecule has 20 heavy (non-hydrogen) atoms. The van der Waals surface area contributed by atoms with Crippen LogP contribution in [0.2, 0.25) is 10.0 Å². The van der Waals surface area contributed by atoms with Gasteiger partial charge in [-0.1, -0.05) is 49.2 Å². The highest BCUT2D eigenvalue weighted by molar-refractivity contribution is 6.42. The van der Waals surface area contributed by atoms with E-state index in [1.165, 1.54) is 6.08 Å². The lowest BCUT2D eigenvalue weighted by atomic mass is 9.64. The average Bonchev–Trinajstić information content (AvgIpc) is 2.40. The first kappa shape index (κ1) is 15.4. The summed E-state index contributed by atoms with van der Waals surface area (Å²) in [7, 11) is 0. The van der Waals surface area contributed by atoms with E-state index in [2.05, 4.69) is 5.32 Å². The molecule has 3 nitrogen and oxygen atoms in total. The topological polar surface area (TPSA) is 49.3 Å². The van der Waals surface area contributed by atoms with Crippen LogP contribution in [0.15, 0.2) is 24.3 Å². The Morgan fingerprint density at radius 1 is 1.45 bits per heavy atom. The lowest BCUT2D eigenvalue weighted by molar-refractivity contribution is -0.124. The number of aliphatic hydroxyl groups is 1. The van der Waals surface area contributed by atoms with E-state index in [1.807, 2.05) is 13.8 Å². The fraction of sp³-hybridized carbons (Fsp3) is 0.400. The third kappa shape index (κ3) is 3.00. The second-order valence-corrected chi connectivity index (χ2v) is 6.40. The van der Waals surface area contributed by atoms with Gasteiger partial charge >= 0.3 is 0 Å². The molecule has 1 aromatic carbocycles. The van der Waals surface area contributed by atoms with Crippen LogP contribution in [-0.4, -0.2) is 23.2 Å². The first-order valence-electron chi connectivity index (χ1n) is 6.43. The lowest BCUT2D eigenvalue weighted by Crippen LogP contribution is -2.60. The Hall–Kier alpha value is -1.03. The predicted molar refractivity (Wildman–Crippen MR) is 81.8 cm³/mol. The van der Waals surface area contributed by atoms with Crippen molar-refractivity contribution in [3.63, 3.8) is 0 Å². The largest absolute Gasteiger partial charge is 0.392 e. The molecule has 0 saturated heterocycles. The molecule has 108 valence electrons. The number of halogens is 2. The normalized spacial score (nSPS) is 24.4. The summed E-state index contributed by atoms with van der Waals surface area (Å²) in [5.74, 6) is -0.203. The minimum atomic E-state index is -0.362. The van der Waals surface area contributed by atoms with Gasteiger partial charge in [0.1, 0.15) is 0 Å². The fourth-order valence-corrected chi connectivity index (χ4v) is 2.55. The molecule has 2 unspecified atom stereocenters. The Labute approximate surface area is 128 Å². The average molecular weight is 314 g/mol. The van der Waals surface area contributed by atoms with Crippen molar-refractivity contribution in [3.05, 3.63) is 39.9 Å². The molecule has 0 radical (unpaired) electrons. The van der Waals surface area contributed by atoms with Crippen molar-refractivity contribution in [2.75, 3.05) is 0 Å². The van der Waals surface area contributed by atoms with Crippen LogP contribution in [0.3, 0.4) is 0 Å². The van der Waals surface area contributed by atoms with Gasteiger partial charge in [-0.3, -0.25) is 4.79 Å². The minimum absolute atomic E-state index is 0.00974. The molecule has 1 aromatic rings. The number of hydrogen-bond acceptors (Lipinski definition) is 2. The monoisotopic (exact) mass is 313 g/mol. The molecule has 5 heteroatoms. The first-order chi connectivity index (χ1) is 9.32. The smallest absolute Gasteiger partial charge is 0.244 e. The van der Waals surface area contributed by atoms with Crippen molar-refractivity contribution >= 4 is 35.2 Å². The fourth-order valence-electron chi connectivity index (χ4n) is 2.18. The molecule has 0 heterocycles. The zero-order valence-electron chi connectivity index (χ0n) is 11.4. The van der Waals surface area contributed by atoms with Crippen LogP contribution in [0.5, 0.6) is 0 Å². The van der Waals surface area contributed by atoms with Crippen molar-refractivity contribution in [2.45, 2.75) is 32.4 Å². The highest BCUT2D eigenvalue weighted by Crippen LogP contribution is 2.40. The van der Waals surface area contributed by atoms with E-state index in [4.69, 9.17) is 23.2 Å².